The summed E-state index contributed by atoms with van der Waals surface area (Å²) in [7, 11) is 0. The van der Waals surface area contributed by atoms with E-state index in [2.05, 4.69) is 12.2 Å². The van der Waals surface area contributed by atoms with Gasteiger partial charge in [0.15, 0.2) is 0 Å². The molecule has 6 heteroatoms. The fraction of sp³-hybridized carbons (Fsp3) is 0.417. The number of hydrogen-bond donors (Lipinski definition) is 1. The zero-order valence-corrected chi connectivity index (χ0v) is 11.2. The number of nitro benzene ring substituents is 1. The van der Waals surface area contributed by atoms with Gasteiger partial charge < -0.3 is 5.32 Å². The van der Waals surface area contributed by atoms with Crippen LogP contribution in [-0.2, 0) is 0 Å². The molecule has 0 saturated carbocycles. The monoisotopic (exact) mass is 265 g/mol. The average Bonchev–Trinajstić information content (AvgIpc) is 2.36. The molecule has 0 aliphatic carbocycles. The summed E-state index contributed by atoms with van der Waals surface area (Å²) in [5, 5.41) is 22.7. The number of benzene rings is 1. The van der Waals surface area contributed by atoms with Crippen molar-refractivity contribution in [3.8, 4) is 6.07 Å². The summed E-state index contributed by atoms with van der Waals surface area (Å²) in [6.07, 6.45) is 2.04. The van der Waals surface area contributed by atoms with Gasteiger partial charge in [0, 0.05) is 18.7 Å². The van der Waals surface area contributed by atoms with E-state index in [0.717, 1.165) is 12.3 Å². The fourth-order valence-electron chi connectivity index (χ4n) is 1.52. The lowest BCUT2D eigenvalue weighted by atomic mass is 10.1. The van der Waals surface area contributed by atoms with E-state index in [1.165, 1.54) is 12.1 Å². The lowest BCUT2D eigenvalue weighted by Crippen LogP contribution is -2.14. The third-order valence-corrected chi connectivity index (χ3v) is 3.33. The van der Waals surface area contributed by atoms with Crippen molar-refractivity contribution in [2.45, 2.75) is 6.92 Å². The second-order valence-electron chi connectivity index (χ2n) is 4.04. The van der Waals surface area contributed by atoms with Gasteiger partial charge in [0.05, 0.1) is 16.2 Å². The zero-order chi connectivity index (χ0) is 13.5. The first kappa shape index (κ1) is 14.3. The van der Waals surface area contributed by atoms with Crippen molar-refractivity contribution in [3.05, 3.63) is 33.9 Å². The number of rotatable bonds is 6. The van der Waals surface area contributed by atoms with Crippen molar-refractivity contribution in [3.63, 3.8) is 0 Å². The van der Waals surface area contributed by atoms with Gasteiger partial charge in [0.2, 0.25) is 0 Å². The Morgan fingerprint density at radius 3 is 2.89 bits per heavy atom. The molecule has 0 radical (unpaired) electrons. The number of nitro groups is 1. The molecule has 1 rings (SSSR count). The Bertz CT molecular complexity index is 471. The SMILES string of the molecule is CSCC(C)CNc1ccc([N+](=O)[O-])cc1C#N. The number of nitriles is 1. The minimum absolute atomic E-state index is 0.0609. The second kappa shape index (κ2) is 6.87. The third-order valence-electron chi connectivity index (χ3n) is 2.43. The highest BCUT2D eigenvalue weighted by molar-refractivity contribution is 7.98. The highest BCUT2D eigenvalue weighted by Crippen LogP contribution is 2.21. The topological polar surface area (TPSA) is 79.0 Å². The standard InChI is InChI=1S/C12H15N3O2S/c1-9(8-18-2)7-14-12-4-3-11(15(16)17)5-10(12)6-13/h3-5,9,14H,7-8H2,1-2H3. The van der Waals surface area contributed by atoms with Crippen LogP contribution in [0.1, 0.15) is 12.5 Å². The van der Waals surface area contributed by atoms with E-state index in [-0.39, 0.29) is 5.69 Å². The van der Waals surface area contributed by atoms with Gasteiger partial charge >= 0.3 is 0 Å². The summed E-state index contributed by atoms with van der Waals surface area (Å²) in [4.78, 5) is 10.1. The molecule has 18 heavy (non-hydrogen) atoms. The minimum atomic E-state index is -0.499. The Kier molecular flexibility index (Phi) is 5.46. The van der Waals surface area contributed by atoms with Crippen molar-refractivity contribution in [2.75, 3.05) is 23.9 Å². The van der Waals surface area contributed by atoms with Crippen LogP contribution < -0.4 is 5.32 Å². The molecule has 0 aromatic heterocycles. The van der Waals surface area contributed by atoms with E-state index < -0.39 is 4.92 Å². The van der Waals surface area contributed by atoms with Gasteiger partial charge in [-0.1, -0.05) is 6.92 Å². The van der Waals surface area contributed by atoms with Crippen LogP contribution in [0.5, 0.6) is 0 Å². The van der Waals surface area contributed by atoms with Crippen molar-refractivity contribution in [2.24, 2.45) is 5.92 Å². The molecular weight excluding hydrogens is 250 g/mol. The first-order valence-electron chi connectivity index (χ1n) is 5.49. The van der Waals surface area contributed by atoms with Crippen molar-refractivity contribution in [1.29, 1.82) is 5.26 Å². The summed E-state index contributed by atoms with van der Waals surface area (Å²) in [5.74, 6) is 1.50. The van der Waals surface area contributed by atoms with Gasteiger partial charge in [-0.05, 0) is 24.0 Å². The molecule has 1 atom stereocenters. The van der Waals surface area contributed by atoms with Gasteiger partial charge in [0.25, 0.3) is 5.69 Å². The molecule has 1 unspecified atom stereocenters. The van der Waals surface area contributed by atoms with E-state index in [1.54, 1.807) is 17.8 Å². The van der Waals surface area contributed by atoms with Gasteiger partial charge in [-0.2, -0.15) is 17.0 Å². The van der Waals surface area contributed by atoms with Crippen LogP contribution in [0.4, 0.5) is 11.4 Å². The molecular formula is C12H15N3O2S. The van der Waals surface area contributed by atoms with Crippen molar-refractivity contribution >= 4 is 23.1 Å². The highest BCUT2D eigenvalue weighted by atomic mass is 32.2. The van der Waals surface area contributed by atoms with Crippen LogP contribution in [-0.4, -0.2) is 23.5 Å². The van der Waals surface area contributed by atoms with E-state index in [0.29, 0.717) is 17.2 Å². The van der Waals surface area contributed by atoms with E-state index >= 15 is 0 Å². The first-order chi connectivity index (χ1) is 8.58. The third kappa shape index (κ3) is 3.93. The fourth-order valence-corrected chi connectivity index (χ4v) is 2.21. The van der Waals surface area contributed by atoms with Gasteiger partial charge in [0.1, 0.15) is 6.07 Å². The predicted molar refractivity (Wildman–Crippen MR) is 73.8 cm³/mol. The Hall–Kier alpha value is -1.74. The molecule has 1 N–H and O–H groups in total. The summed E-state index contributed by atoms with van der Waals surface area (Å²) >= 11 is 1.77. The maximum Gasteiger partial charge on any atom is 0.270 e. The summed E-state index contributed by atoms with van der Waals surface area (Å²) in [6, 6.07) is 6.26. The van der Waals surface area contributed by atoms with Crippen LogP contribution in [0.2, 0.25) is 0 Å². The molecule has 0 amide bonds. The number of nitrogens with zero attached hydrogens (tertiary/aromatic N) is 2. The largest absolute Gasteiger partial charge is 0.384 e. The molecule has 0 fully saturated rings. The summed E-state index contributed by atoms with van der Waals surface area (Å²) in [6.45, 7) is 2.86. The van der Waals surface area contributed by atoms with E-state index in [1.807, 2.05) is 12.3 Å². The zero-order valence-electron chi connectivity index (χ0n) is 10.3. The second-order valence-corrected chi connectivity index (χ2v) is 4.95. The number of thioether (sulfide) groups is 1. The van der Waals surface area contributed by atoms with Crippen LogP contribution in [0.3, 0.4) is 0 Å². The van der Waals surface area contributed by atoms with Crippen molar-refractivity contribution < 1.29 is 4.92 Å². The van der Waals surface area contributed by atoms with Crippen molar-refractivity contribution in [1.82, 2.24) is 0 Å². The molecule has 5 nitrogen and oxygen atoms in total. The van der Waals surface area contributed by atoms with Crippen LogP contribution in [0, 0.1) is 27.4 Å². The first-order valence-corrected chi connectivity index (χ1v) is 6.89. The Labute approximate surface area is 110 Å². The molecule has 0 saturated heterocycles. The maximum absolute atomic E-state index is 10.6. The Morgan fingerprint density at radius 1 is 1.61 bits per heavy atom. The normalized spacial score (nSPS) is 11.6. The summed E-state index contributed by atoms with van der Waals surface area (Å²) < 4.78 is 0. The molecule has 0 aliphatic heterocycles. The van der Waals surface area contributed by atoms with E-state index in [9.17, 15) is 10.1 Å². The molecule has 1 aromatic rings. The molecule has 96 valence electrons. The lowest BCUT2D eigenvalue weighted by molar-refractivity contribution is -0.384. The molecule has 1 aromatic carbocycles. The smallest absolute Gasteiger partial charge is 0.270 e. The highest BCUT2D eigenvalue weighted by Gasteiger charge is 2.11. The Balaban J connectivity index is 2.78. The quantitative estimate of drug-likeness (QED) is 0.632. The van der Waals surface area contributed by atoms with Crippen LogP contribution in [0.15, 0.2) is 18.2 Å². The van der Waals surface area contributed by atoms with Gasteiger partial charge in [-0.25, -0.2) is 0 Å². The Morgan fingerprint density at radius 2 is 2.33 bits per heavy atom. The predicted octanol–water partition coefficient (Wildman–Crippen LogP) is 2.88. The number of hydrogen-bond acceptors (Lipinski definition) is 5. The number of nitrogens with one attached hydrogen (secondary N) is 1. The molecule has 0 bridgehead atoms. The number of anilines is 1. The average molecular weight is 265 g/mol. The van der Waals surface area contributed by atoms with Crippen LogP contribution in [0.25, 0.3) is 0 Å². The van der Waals surface area contributed by atoms with Crippen LogP contribution >= 0.6 is 11.8 Å². The summed E-state index contributed by atoms with van der Waals surface area (Å²) in [5.41, 5.74) is 0.894. The molecule has 0 heterocycles. The maximum atomic E-state index is 10.6. The van der Waals surface area contributed by atoms with Gasteiger partial charge in [-0.15, -0.1) is 0 Å². The van der Waals surface area contributed by atoms with Gasteiger partial charge in [-0.3, -0.25) is 10.1 Å². The molecule has 0 spiro atoms. The number of non-ortho nitro benzene ring substituents is 1. The van der Waals surface area contributed by atoms with E-state index in [4.69, 9.17) is 5.26 Å². The molecule has 0 aliphatic rings. The lowest BCUT2D eigenvalue weighted by Gasteiger charge is -2.13. The minimum Gasteiger partial charge on any atom is -0.384 e.